The molecule has 0 bridgehead atoms. The number of allylic oxidation sites excluding steroid dienone is 6. The van der Waals surface area contributed by atoms with E-state index in [9.17, 15) is 13.7 Å². The Labute approximate surface area is 334 Å². The van der Waals surface area contributed by atoms with Gasteiger partial charge in [0.1, 0.15) is 0 Å². The second kappa shape index (κ2) is 10.6. The van der Waals surface area contributed by atoms with Crippen LogP contribution in [0.5, 0.6) is 0 Å². The van der Waals surface area contributed by atoms with E-state index in [1.807, 2.05) is 0 Å². The maximum Gasteiger partial charge on any atom is 0.0636 e. The van der Waals surface area contributed by atoms with Crippen LogP contribution >= 0.6 is 0 Å². The highest BCUT2D eigenvalue weighted by Crippen LogP contribution is 2.49. The van der Waals surface area contributed by atoms with E-state index in [0.29, 0.717) is 0 Å². The zero-order valence-electron chi connectivity index (χ0n) is 55.2. The molecule has 11 rings (SSSR count). The van der Waals surface area contributed by atoms with Crippen LogP contribution in [-0.4, -0.2) is 0 Å². The summed E-state index contributed by atoms with van der Waals surface area (Å²) >= 11 is 0. The number of rotatable bonds is 4. The van der Waals surface area contributed by atoms with E-state index in [0.717, 1.165) is 0 Å². The first-order valence-corrected chi connectivity index (χ1v) is 15.2. The minimum absolute atomic E-state index is 0.211. The summed E-state index contributed by atoms with van der Waals surface area (Å²) in [5, 5.41) is -2.43. The molecule has 2 unspecified atom stereocenters. The van der Waals surface area contributed by atoms with Gasteiger partial charge in [-0.05, 0) is 111 Å². The third kappa shape index (κ3) is 4.12. The molecule has 0 radical (unpaired) electrons. The first-order chi connectivity index (χ1) is 37.3. The monoisotopic (exact) mass is 662 g/mol. The summed E-state index contributed by atoms with van der Waals surface area (Å²) in [4.78, 5) is 0. The predicted molar refractivity (Wildman–Crippen MR) is 213 cm³/mol. The molecular weight excluding hydrogens is 601 g/mol. The second-order valence-corrected chi connectivity index (χ2v) is 11.6. The van der Waals surface area contributed by atoms with Gasteiger partial charge in [0.05, 0.1) is 41.1 Å². The van der Waals surface area contributed by atoms with Gasteiger partial charge in [-0.25, -0.2) is 0 Å². The lowest BCUT2D eigenvalue weighted by Crippen LogP contribution is -2.21. The quantitative estimate of drug-likeness (QED) is 0.165. The molecule has 0 heteroatoms. The Morgan fingerprint density at radius 1 is 0.460 bits per heavy atom. The van der Waals surface area contributed by atoms with Gasteiger partial charge >= 0.3 is 0 Å². The van der Waals surface area contributed by atoms with Crippen LogP contribution in [0.3, 0.4) is 0 Å². The fourth-order valence-corrected chi connectivity index (χ4v) is 6.57. The summed E-state index contributed by atoms with van der Waals surface area (Å²) in [6, 6.07) is -26.1. The van der Waals surface area contributed by atoms with Crippen LogP contribution in [0.4, 0.5) is 0 Å². The maximum atomic E-state index is 9.64. The number of hydrogen-bond donors (Lipinski definition) is 0. The zero-order chi connectivity index (χ0) is 58.9. The topological polar surface area (TPSA) is 0 Å². The predicted octanol–water partition coefficient (Wildman–Crippen LogP) is 13.5. The van der Waals surface area contributed by atoms with Crippen molar-refractivity contribution in [3.63, 3.8) is 0 Å². The summed E-state index contributed by atoms with van der Waals surface area (Å²) in [5.41, 5.74) is -7.92. The molecule has 2 atom stereocenters. The summed E-state index contributed by atoms with van der Waals surface area (Å²) in [6.07, 6.45) is 0. The van der Waals surface area contributed by atoms with E-state index in [4.69, 9.17) is 27.4 Å². The Bertz CT molecular complexity index is 4470. The minimum atomic E-state index is -1.49. The lowest BCUT2D eigenvalue weighted by Gasteiger charge is -2.35. The molecule has 0 fully saturated rings. The van der Waals surface area contributed by atoms with Crippen LogP contribution in [0.2, 0.25) is 0 Å². The summed E-state index contributed by atoms with van der Waals surface area (Å²) in [7, 11) is 0. The molecular formula is C50H32. The van der Waals surface area contributed by atoms with Gasteiger partial charge in [-0.15, -0.1) is 0 Å². The van der Waals surface area contributed by atoms with Crippen molar-refractivity contribution in [3.8, 4) is 44.5 Å². The van der Waals surface area contributed by atoms with Crippen LogP contribution in [0, 0.1) is 5.92 Å². The molecule has 0 saturated carbocycles. The summed E-state index contributed by atoms with van der Waals surface area (Å²) in [5.74, 6) is -2.91. The van der Waals surface area contributed by atoms with Crippen molar-refractivity contribution in [1.29, 1.82) is 0 Å². The largest absolute Gasteiger partial charge is 0.0767 e. The van der Waals surface area contributed by atoms with Gasteiger partial charge < -0.3 is 0 Å². The highest BCUT2D eigenvalue weighted by molar-refractivity contribution is 6.25. The average Bonchev–Trinajstić information content (AvgIpc) is 2.57. The second-order valence-electron chi connectivity index (χ2n) is 11.6. The van der Waals surface area contributed by atoms with Crippen LogP contribution in [-0.2, 0) is 0 Å². The molecule has 8 aromatic rings. The van der Waals surface area contributed by atoms with E-state index in [1.165, 1.54) is 0 Å². The smallest absolute Gasteiger partial charge is 0.0636 e. The van der Waals surface area contributed by atoms with E-state index in [2.05, 4.69) is 0 Å². The molecule has 8 aromatic carbocycles. The molecule has 0 nitrogen and oxygen atoms in total. The lowest BCUT2D eigenvalue weighted by molar-refractivity contribution is 0.665. The SMILES string of the molecule is [2H]C1=C([2H])c2c([2H])c([2H])c(-c3c([2H])c([2H])c([2H])c(-c4c([2H])c([2H])c(-c5c([2H])c([2H])c([2H])c(-c6c([2H])c([2H])c7c([2H])c([2H])c8c([2H])c([2H])c([2H])c9c([2H])c([2H])c6c7c89)c5[2H])c([2H])c4[2H])c3[2H])c3c2C2C1=C([2H])C([2H])=C([2H])C2C([2H])=C3[2H]. The van der Waals surface area contributed by atoms with Crippen LogP contribution in [0.1, 0.15) is 63.7 Å². The van der Waals surface area contributed by atoms with Gasteiger partial charge in [-0.2, -0.15) is 0 Å². The molecule has 0 amide bonds. The van der Waals surface area contributed by atoms with Crippen LogP contribution in [0.25, 0.3) is 88.9 Å². The van der Waals surface area contributed by atoms with Gasteiger partial charge in [0.15, 0.2) is 0 Å². The third-order valence-corrected chi connectivity index (χ3v) is 8.84. The van der Waals surface area contributed by atoms with E-state index in [1.54, 1.807) is 0 Å². The minimum Gasteiger partial charge on any atom is -0.0767 e. The highest BCUT2D eigenvalue weighted by Gasteiger charge is 2.33. The van der Waals surface area contributed by atoms with E-state index >= 15 is 0 Å². The van der Waals surface area contributed by atoms with Gasteiger partial charge in [0.25, 0.3) is 0 Å². The zero-order valence-corrected chi connectivity index (χ0v) is 25.2. The molecule has 50 heavy (non-hydrogen) atoms. The van der Waals surface area contributed by atoms with Crippen molar-refractivity contribution in [2.45, 2.75) is 5.92 Å². The van der Waals surface area contributed by atoms with Crippen LogP contribution in [0.15, 0.2) is 175 Å². The Hall–Kier alpha value is -6.24. The first kappa shape index (κ1) is 11.4. The first-order valence-electron chi connectivity index (χ1n) is 30.2. The molecule has 0 saturated heterocycles. The fraction of sp³-hybridized carbons (Fsp3) is 0.0400. The Balaban J connectivity index is 1.20. The molecule has 0 spiro atoms. The van der Waals surface area contributed by atoms with Crippen molar-refractivity contribution < 1.29 is 41.1 Å². The summed E-state index contributed by atoms with van der Waals surface area (Å²) < 4.78 is 272. The van der Waals surface area contributed by atoms with Gasteiger partial charge in [-0.3, -0.25) is 0 Å². The third-order valence-electron chi connectivity index (χ3n) is 8.84. The van der Waals surface area contributed by atoms with Crippen molar-refractivity contribution in [2.24, 2.45) is 5.92 Å². The van der Waals surface area contributed by atoms with Gasteiger partial charge in [0, 0.05) is 11.8 Å². The summed E-state index contributed by atoms with van der Waals surface area (Å²) in [6.45, 7) is 0. The maximum absolute atomic E-state index is 9.64. The average molecular weight is 663 g/mol. The molecule has 0 heterocycles. The number of hydrogen-bond acceptors (Lipinski definition) is 0. The molecule has 0 aromatic heterocycles. The Morgan fingerprint density at radius 2 is 1.08 bits per heavy atom. The molecule has 3 aliphatic carbocycles. The van der Waals surface area contributed by atoms with Gasteiger partial charge in [-0.1, -0.05) is 169 Å². The van der Waals surface area contributed by atoms with Gasteiger partial charge in [0.2, 0.25) is 0 Å². The van der Waals surface area contributed by atoms with Crippen molar-refractivity contribution in [3.05, 3.63) is 191 Å². The molecule has 0 N–H and O–H groups in total. The molecule has 3 aliphatic rings. The normalized spacial score (nSPS) is 26.9. The molecule has 232 valence electrons. The lowest BCUT2D eigenvalue weighted by atomic mass is 9.68. The van der Waals surface area contributed by atoms with Crippen molar-refractivity contribution >= 4 is 44.4 Å². The Kier molecular flexibility index (Phi) is 2.42. The fourth-order valence-electron chi connectivity index (χ4n) is 6.57. The van der Waals surface area contributed by atoms with Crippen molar-refractivity contribution in [1.82, 2.24) is 0 Å². The number of benzene rings is 8. The van der Waals surface area contributed by atoms with Crippen LogP contribution < -0.4 is 0 Å². The Morgan fingerprint density at radius 3 is 1.84 bits per heavy atom. The highest BCUT2D eigenvalue weighted by atomic mass is 14.4. The van der Waals surface area contributed by atoms with E-state index < -0.39 is 270 Å². The van der Waals surface area contributed by atoms with E-state index in [-0.39, 0.29) is 21.9 Å². The van der Waals surface area contributed by atoms with Crippen molar-refractivity contribution in [2.75, 3.05) is 0 Å². The molecule has 0 aliphatic heterocycles. The standard InChI is InChI=1S/C50H32/c1-5-33-17-19-37-21-25-43(45-27-23-35(7-1)47(33)49(37)45)41-11-3-9-39(29-41)31-13-15-32(16-14-31)40-10-4-12-42(30-40)44-26-22-38-20-18-34-6-2-8-36-24-28-46(44)50(38)48(34)36/h1-30,35,47H/i1D,2D,3D,4D,5D,6D,7D,8D,9D,10D,11D,12D,13D,14D,15D,16D,17D,18D,19D,20D,21D,22D,23D,24D,25D,26D,27D,28D,29D,30D.